The number of pyridine rings is 1. The van der Waals surface area contributed by atoms with Crippen molar-refractivity contribution in [1.29, 1.82) is 5.26 Å². The first kappa shape index (κ1) is 16.4. The van der Waals surface area contributed by atoms with Crippen LogP contribution in [0.1, 0.15) is 5.56 Å². The molecule has 2 aromatic carbocycles. The Morgan fingerprint density at radius 1 is 1.08 bits per heavy atom. The Hall–Kier alpha value is -3.10. The predicted octanol–water partition coefficient (Wildman–Crippen LogP) is 3.65. The largest absolute Gasteiger partial charge is 0.456 e. The van der Waals surface area contributed by atoms with Crippen molar-refractivity contribution in [1.82, 2.24) is 9.88 Å². The van der Waals surface area contributed by atoms with Gasteiger partial charge in [-0.1, -0.05) is 18.2 Å². The minimum Gasteiger partial charge on any atom is -0.456 e. The highest BCUT2D eigenvalue weighted by molar-refractivity contribution is 5.95. The molecule has 1 aliphatic rings. The second kappa shape index (κ2) is 7.03. The van der Waals surface area contributed by atoms with Crippen molar-refractivity contribution in [2.75, 3.05) is 38.1 Å². The van der Waals surface area contributed by atoms with Crippen LogP contribution in [0.5, 0.6) is 11.5 Å². The Morgan fingerprint density at radius 2 is 1.92 bits per heavy atom. The minimum absolute atomic E-state index is 0.431. The Balaban J connectivity index is 1.70. The molecule has 5 nitrogen and oxygen atoms in total. The second-order valence-electron chi connectivity index (χ2n) is 6.54. The van der Waals surface area contributed by atoms with E-state index in [2.05, 4.69) is 58.2 Å². The van der Waals surface area contributed by atoms with E-state index < -0.39 is 0 Å². The van der Waals surface area contributed by atoms with Crippen molar-refractivity contribution in [2.45, 2.75) is 0 Å². The lowest BCUT2D eigenvalue weighted by Gasteiger charge is -2.34. The highest BCUT2D eigenvalue weighted by Crippen LogP contribution is 2.33. The van der Waals surface area contributed by atoms with Gasteiger partial charge in [0.2, 0.25) is 0 Å². The molecule has 0 atom stereocenters. The summed E-state index contributed by atoms with van der Waals surface area (Å²) in [5.41, 5.74) is 1.66. The summed E-state index contributed by atoms with van der Waals surface area (Å²) in [5, 5.41) is 11.6. The summed E-state index contributed by atoms with van der Waals surface area (Å²) in [6.45, 7) is 4.16. The van der Waals surface area contributed by atoms with Crippen LogP contribution in [0.15, 0.2) is 54.9 Å². The fourth-order valence-electron chi connectivity index (χ4n) is 3.30. The second-order valence-corrected chi connectivity index (χ2v) is 6.54. The van der Waals surface area contributed by atoms with Gasteiger partial charge in [-0.3, -0.25) is 4.98 Å². The molecule has 0 amide bonds. The SMILES string of the molecule is CN1CCN(c2cccc3ccc(Oc4ccncc4C#N)cc23)CC1. The molecule has 4 rings (SSSR count). The lowest BCUT2D eigenvalue weighted by molar-refractivity contribution is 0.313. The molecule has 5 heteroatoms. The number of benzene rings is 2. The standard InChI is InChI=1S/C21H20N4O/c1-24-9-11-25(12-10-24)20-4-2-3-16-5-6-18(13-19(16)20)26-21-7-8-23-15-17(21)14-22/h2-8,13,15H,9-12H2,1H3. The number of nitriles is 1. The molecule has 0 saturated carbocycles. The van der Waals surface area contributed by atoms with E-state index in [4.69, 9.17) is 4.74 Å². The number of ether oxygens (including phenoxy) is 1. The van der Waals surface area contributed by atoms with Crippen LogP contribution in [0.4, 0.5) is 5.69 Å². The molecular weight excluding hydrogens is 324 g/mol. The zero-order valence-corrected chi connectivity index (χ0v) is 14.7. The molecule has 1 aliphatic heterocycles. The molecule has 0 spiro atoms. The van der Waals surface area contributed by atoms with Crippen molar-refractivity contribution in [2.24, 2.45) is 0 Å². The van der Waals surface area contributed by atoms with Crippen LogP contribution in [-0.4, -0.2) is 43.1 Å². The van der Waals surface area contributed by atoms with E-state index >= 15 is 0 Å². The van der Waals surface area contributed by atoms with Crippen molar-refractivity contribution < 1.29 is 4.74 Å². The number of fused-ring (bicyclic) bond motifs is 1. The van der Waals surface area contributed by atoms with Crippen molar-refractivity contribution in [3.8, 4) is 17.6 Å². The molecule has 1 aromatic heterocycles. The summed E-state index contributed by atoms with van der Waals surface area (Å²) in [4.78, 5) is 8.76. The maximum atomic E-state index is 9.22. The van der Waals surface area contributed by atoms with Crippen LogP contribution in [0.25, 0.3) is 10.8 Å². The van der Waals surface area contributed by atoms with Gasteiger partial charge in [0.15, 0.2) is 0 Å². The summed E-state index contributed by atoms with van der Waals surface area (Å²) in [6, 6.07) is 16.3. The van der Waals surface area contributed by atoms with Crippen molar-refractivity contribution >= 4 is 16.5 Å². The maximum absolute atomic E-state index is 9.22. The Morgan fingerprint density at radius 3 is 2.73 bits per heavy atom. The number of rotatable bonds is 3. The predicted molar refractivity (Wildman–Crippen MR) is 103 cm³/mol. The fourth-order valence-corrected chi connectivity index (χ4v) is 3.30. The molecule has 0 aliphatic carbocycles. The number of hydrogen-bond donors (Lipinski definition) is 0. The molecule has 1 saturated heterocycles. The number of likely N-dealkylation sites (N-methyl/N-ethyl adjacent to an activating group) is 1. The highest BCUT2D eigenvalue weighted by atomic mass is 16.5. The molecule has 0 radical (unpaired) electrons. The molecule has 0 bridgehead atoms. The van der Waals surface area contributed by atoms with Gasteiger partial charge in [0, 0.05) is 55.7 Å². The maximum Gasteiger partial charge on any atom is 0.148 e. The first-order valence-electron chi connectivity index (χ1n) is 8.73. The summed E-state index contributed by atoms with van der Waals surface area (Å²) in [7, 11) is 2.16. The monoisotopic (exact) mass is 344 g/mol. The summed E-state index contributed by atoms with van der Waals surface area (Å²) >= 11 is 0. The number of hydrogen-bond acceptors (Lipinski definition) is 5. The minimum atomic E-state index is 0.431. The molecule has 26 heavy (non-hydrogen) atoms. The van der Waals surface area contributed by atoms with Gasteiger partial charge in [-0.15, -0.1) is 0 Å². The Kier molecular flexibility index (Phi) is 4.42. The van der Waals surface area contributed by atoms with Gasteiger partial charge in [-0.05, 0) is 30.6 Å². The third kappa shape index (κ3) is 3.19. The molecule has 0 unspecified atom stereocenters. The van der Waals surface area contributed by atoms with Crippen molar-refractivity contribution in [3.05, 3.63) is 60.4 Å². The van der Waals surface area contributed by atoms with Gasteiger partial charge in [0.1, 0.15) is 23.1 Å². The molecular formula is C21H20N4O. The first-order chi connectivity index (χ1) is 12.7. The number of piperazine rings is 1. The van der Waals surface area contributed by atoms with E-state index in [0.717, 1.165) is 31.9 Å². The van der Waals surface area contributed by atoms with Gasteiger partial charge in [-0.2, -0.15) is 5.26 Å². The molecule has 130 valence electrons. The lowest BCUT2D eigenvalue weighted by atomic mass is 10.1. The number of nitrogens with zero attached hydrogens (tertiary/aromatic N) is 4. The van der Waals surface area contributed by atoms with Crippen LogP contribution in [0.3, 0.4) is 0 Å². The average Bonchev–Trinajstić information content (AvgIpc) is 2.69. The van der Waals surface area contributed by atoms with E-state index in [1.807, 2.05) is 6.07 Å². The number of anilines is 1. The smallest absolute Gasteiger partial charge is 0.148 e. The molecule has 0 N–H and O–H groups in total. The van der Waals surface area contributed by atoms with E-state index in [1.54, 1.807) is 12.3 Å². The topological polar surface area (TPSA) is 52.4 Å². The first-order valence-corrected chi connectivity index (χ1v) is 8.73. The molecule has 3 aromatic rings. The van der Waals surface area contributed by atoms with E-state index in [1.165, 1.54) is 22.7 Å². The third-order valence-electron chi connectivity index (χ3n) is 4.80. The Bertz CT molecular complexity index is 971. The van der Waals surface area contributed by atoms with Crippen LogP contribution in [0, 0.1) is 11.3 Å². The number of aromatic nitrogens is 1. The third-order valence-corrected chi connectivity index (χ3v) is 4.80. The fraction of sp³-hybridized carbons (Fsp3) is 0.238. The van der Waals surface area contributed by atoms with Gasteiger partial charge in [0.25, 0.3) is 0 Å². The highest BCUT2D eigenvalue weighted by Gasteiger charge is 2.16. The van der Waals surface area contributed by atoms with E-state index in [0.29, 0.717) is 11.3 Å². The van der Waals surface area contributed by atoms with Gasteiger partial charge < -0.3 is 14.5 Å². The van der Waals surface area contributed by atoms with Crippen LogP contribution in [0.2, 0.25) is 0 Å². The van der Waals surface area contributed by atoms with Crippen LogP contribution < -0.4 is 9.64 Å². The quantitative estimate of drug-likeness (QED) is 0.726. The van der Waals surface area contributed by atoms with E-state index in [-0.39, 0.29) is 0 Å². The zero-order valence-electron chi connectivity index (χ0n) is 14.7. The van der Waals surface area contributed by atoms with Crippen molar-refractivity contribution in [3.63, 3.8) is 0 Å². The van der Waals surface area contributed by atoms with Crippen LogP contribution >= 0.6 is 0 Å². The van der Waals surface area contributed by atoms with Crippen LogP contribution in [-0.2, 0) is 0 Å². The van der Waals surface area contributed by atoms with Gasteiger partial charge >= 0.3 is 0 Å². The normalized spacial score (nSPS) is 15.0. The lowest BCUT2D eigenvalue weighted by Crippen LogP contribution is -2.44. The van der Waals surface area contributed by atoms with Gasteiger partial charge in [-0.25, -0.2) is 0 Å². The summed E-state index contributed by atoms with van der Waals surface area (Å²) in [6.07, 6.45) is 3.15. The average molecular weight is 344 g/mol. The summed E-state index contributed by atoms with van der Waals surface area (Å²) in [5.74, 6) is 1.25. The van der Waals surface area contributed by atoms with Gasteiger partial charge in [0.05, 0.1) is 0 Å². The zero-order chi connectivity index (χ0) is 17.9. The Labute approximate surface area is 153 Å². The molecule has 1 fully saturated rings. The van der Waals surface area contributed by atoms with E-state index in [9.17, 15) is 5.26 Å². The summed E-state index contributed by atoms with van der Waals surface area (Å²) < 4.78 is 5.98. The molecule has 2 heterocycles.